The van der Waals surface area contributed by atoms with Crippen molar-refractivity contribution < 1.29 is 4.74 Å². The maximum absolute atomic E-state index is 5.82. The van der Waals surface area contributed by atoms with Gasteiger partial charge in [-0.1, -0.05) is 0 Å². The lowest BCUT2D eigenvalue weighted by Gasteiger charge is -2.34. The van der Waals surface area contributed by atoms with Crippen molar-refractivity contribution in [3.8, 4) is 0 Å². The summed E-state index contributed by atoms with van der Waals surface area (Å²) in [5, 5.41) is 6.81. The molecule has 1 aromatic rings. The fraction of sp³-hybridized carbons (Fsp3) is 0.737. The number of guanidine groups is 1. The molecule has 2 saturated heterocycles. The second-order valence-corrected chi connectivity index (χ2v) is 7.49. The second kappa shape index (κ2) is 11.7. The van der Waals surface area contributed by atoms with Crippen LogP contribution in [-0.2, 0) is 4.74 Å². The van der Waals surface area contributed by atoms with Crippen molar-refractivity contribution in [3.63, 3.8) is 0 Å². The minimum absolute atomic E-state index is 0. The Morgan fingerprint density at radius 1 is 1.21 bits per heavy atom. The first-order chi connectivity index (χ1) is 13.2. The first-order valence-corrected chi connectivity index (χ1v) is 10.0. The SMILES string of the molecule is CN=C(NCCCN1CCN(c2ncccn2)CC1)NCC1(C)CCCO1.I. The smallest absolute Gasteiger partial charge is 0.225 e. The summed E-state index contributed by atoms with van der Waals surface area (Å²) in [5.41, 5.74) is -0.0558. The van der Waals surface area contributed by atoms with Gasteiger partial charge in [-0.3, -0.25) is 9.89 Å². The maximum Gasteiger partial charge on any atom is 0.225 e. The minimum atomic E-state index is -0.0558. The molecule has 0 aliphatic carbocycles. The predicted octanol–water partition coefficient (Wildman–Crippen LogP) is 1.34. The number of hydrogen-bond acceptors (Lipinski definition) is 6. The van der Waals surface area contributed by atoms with Gasteiger partial charge < -0.3 is 20.3 Å². The van der Waals surface area contributed by atoms with Gasteiger partial charge in [0.25, 0.3) is 0 Å². The highest BCUT2D eigenvalue weighted by Gasteiger charge is 2.29. The van der Waals surface area contributed by atoms with Crippen molar-refractivity contribution in [2.45, 2.75) is 31.8 Å². The van der Waals surface area contributed by atoms with Crippen LogP contribution in [-0.4, -0.2) is 85.9 Å². The Morgan fingerprint density at radius 3 is 2.61 bits per heavy atom. The lowest BCUT2D eigenvalue weighted by Crippen LogP contribution is -2.48. The molecule has 8 nitrogen and oxygen atoms in total. The molecule has 1 atom stereocenters. The number of aromatic nitrogens is 2. The molecule has 1 aromatic heterocycles. The summed E-state index contributed by atoms with van der Waals surface area (Å²) in [6.45, 7) is 9.93. The molecule has 3 rings (SSSR count). The van der Waals surface area contributed by atoms with E-state index in [0.29, 0.717) is 0 Å². The van der Waals surface area contributed by atoms with Crippen molar-refractivity contribution in [1.29, 1.82) is 0 Å². The largest absolute Gasteiger partial charge is 0.373 e. The zero-order valence-corrected chi connectivity index (χ0v) is 19.4. The summed E-state index contributed by atoms with van der Waals surface area (Å²) in [4.78, 5) is 17.8. The number of ether oxygens (including phenoxy) is 1. The molecule has 0 radical (unpaired) electrons. The van der Waals surface area contributed by atoms with E-state index >= 15 is 0 Å². The van der Waals surface area contributed by atoms with E-state index in [9.17, 15) is 0 Å². The molecule has 1 unspecified atom stereocenters. The third-order valence-corrected chi connectivity index (χ3v) is 5.30. The Balaban J connectivity index is 0.00000280. The highest BCUT2D eigenvalue weighted by Crippen LogP contribution is 2.23. The molecule has 158 valence electrons. The summed E-state index contributed by atoms with van der Waals surface area (Å²) in [6.07, 6.45) is 6.96. The van der Waals surface area contributed by atoms with Crippen LogP contribution in [0, 0.1) is 0 Å². The highest BCUT2D eigenvalue weighted by molar-refractivity contribution is 14.0. The Bertz CT molecular complexity index is 587. The molecule has 2 fully saturated rings. The molecular weight excluding hydrogens is 469 g/mol. The predicted molar refractivity (Wildman–Crippen MR) is 124 cm³/mol. The Kier molecular flexibility index (Phi) is 9.66. The average Bonchev–Trinajstić information content (AvgIpc) is 3.15. The van der Waals surface area contributed by atoms with Crippen LogP contribution < -0.4 is 15.5 Å². The lowest BCUT2D eigenvalue weighted by molar-refractivity contribution is 0.0243. The number of nitrogens with one attached hydrogen (secondary N) is 2. The van der Waals surface area contributed by atoms with E-state index in [-0.39, 0.29) is 29.6 Å². The van der Waals surface area contributed by atoms with Gasteiger partial charge in [0.1, 0.15) is 0 Å². The molecule has 9 heteroatoms. The van der Waals surface area contributed by atoms with E-state index in [4.69, 9.17) is 4.74 Å². The average molecular weight is 503 g/mol. The van der Waals surface area contributed by atoms with E-state index < -0.39 is 0 Å². The van der Waals surface area contributed by atoms with Crippen LogP contribution in [0.3, 0.4) is 0 Å². The summed E-state index contributed by atoms with van der Waals surface area (Å²) >= 11 is 0. The zero-order valence-electron chi connectivity index (χ0n) is 17.1. The van der Waals surface area contributed by atoms with Crippen molar-refractivity contribution in [3.05, 3.63) is 18.5 Å². The van der Waals surface area contributed by atoms with E-state index in [2.05, 4.69) is 42.3 Å². The van der Waals surface area contributed by atoms with Crippen LogP contribution in [0.25, 0.3) is 0 Å². The van der Waals surface area contributed by atoms with Crippen LogP contribution in [0.4, 0.5) is 5.95 Å². The Labute approximate surface area is 185 Å². The Morgan fingerprint density at radius 2 is 1.96 bits per heavy atom. The van der Waals surface area contributed by atoms with Gasteiger partial charge in [0.05, 0.1) is 5.60 Å². The molecule has 0 amide bonds. The van der Waals surface area contributed by atoms with Crippen LogP contribution in [0.5, 0.6) is 0 Å². The molecule has 2 N–H and O–H groups in total. The number of nitrogens with zero attached hydrogens (tertiary/aromatic N) is 5. The van der Waals surface area contributed by atoms with Crippen molar-refractivity contribution in [1.82, 2.24) is 25.5 Å². The molecule has 3 heterocycles. The number of hydrogen-bond donors (Lipinski definition) is 2. The van der Waals surface area contributed by atoms with Crippen molar-refractivity contribution >= 4 is 35.9 Å². The van der Waals surface area contributed by atoms with E-state index in [0.717, 1.165) is 83.6 Å². The maximum atomic E-state index is 5.82. The number of rotatable bonds is 7. The van der Waals surface area contributed by atoms with E-state index in [1.54, 1.807) is 12.4 Å². The monoisotopic (exact) mass is 503 g/mol. The summed E-state index contributed by atoms with van der Waals surface area (Å²) in [5.74, 6) is 1.70. The molecular formula is C19H34IN7O. The van der Waals surface area contributed by atoms with Gasteiger partial charge in [-0.15, -0.1) is 24.0 Å². The number of anilines is 1. The number of aliphatic imine (C=N–C) groups is 1. The van der Waals surface area contributed by atoms with Gasteiger partial charge in [-0.2, -0.15) is 0 Å². The topological polar surface area (TPSA) is 77.9 Å². The third kappa shape index (κ3) is 7.00. The fourth-order valence-corrected chi connectivity index (χ4v) is 3.60. The summed E-state index contributed by atoms with van der Waals surface area (Å²) in [7, 11) is 1.82. The number of piperazine rings is 1. The standard InChI is InChI=1S/C19H33N7O.HI/c1-19(6-3-15-27-19)16-24-17(20-2)21-9-5-10-25-11-13-26(14-12-25)18-22-7-4-8-23-18;/h4,7-8H,3,5-6,9-16H2,1-2H3,(H2,20,21,24);1H. The summed E-state index contributed by atoms with van der Waals surface area (Å²) < 4.78 is 5.82. The van der Waals surface area contributed by atoms with Gasteiger partial charge in [-0.25, -0.2) is 9.97 Å². The second-order valence-electron chi connectivity index (χ2n) is 7.49. The van der Waals surface area contributed by atoms with Crippen LogP contribution in [0.15, 0.2) is 23.5 Å². The van der Waals surface area contributed by atoms with Crippen molar-refractivity contribution in [2.24, 2.45) is 4.99 Å². The van der Waals surface area contributed by atoms with Gasteiger partial charge in [0.15, 0.2) is 5.96 Å². The molecule has 0 saturated carbocycles. The van der Waals surface area contributed by atoms with Gasteiger partial charge in [0, 0.05) is 65.3 Å². The van der Waals surface area contributed by atoms with E-state index in [1.807, 2.05) is 13.1 Å². The number of halogens is 1. The molecule has 0 bridgehead atoms. The normalized spacial score (nSPS) is 23.4. The quantitative estimate of drug-likeness (QED) is 0.252. The zero-order chi connectivity index (χ0) is 19.0. The molecule has 0 aromatic carbocycles. The molecule has 0 spiro atoms. The van der Waals surface area contributed by atoms with E-state index in [1.165, 1.54) is 0 Å². The minimum Gasteiger partial charge on any atom is -0.373 e. The van der Waals surface area contributed by atoms with Crippen molar-refractivity contribution in [2.75, 3.05) is 64.4 Å². The van der Waals surface area contributed by atoms with Crippen LogP contribution in [0.2, 0.25) is 0 Å². The first-order valence-electron chi connectivity index (χ1n) is 10.0. The molecule has 2 aliphatic rings. The van der Waals surface area contributed by atoms with Crippen LogP contribution >= 0.6 is 24.0 Å². The van der Waals surface area contributed by atoms with Gasteiger partial charge >= 0.3 is 0 Å². The highest BCUT2D eigenvalue weighted by atomic mass is 127. The van der Waals surface area contributed by atoms with Gasteiger partial charge in [-0.05, 0) is 38.8 Å². The van der Waals surface area contributed by atoms with Crippen LogP contribution in [0.1, 0.15) is 26.2 Å². The lowest BCUT2D eigenvalue weighted by atomic mass is 10.0. The summed E-state index contributed by atoms with van der Waals surface area (Å²) in [6, 6.07) is 1.86. The molecule has 2 aliphatic heterocycles. The Hall–Kier alpha value is -1.20. The molecule has 28 heavy (non-hydrogen) atoms. The fourth-order valence-electron chi connectivity index (χ4n) is 3.60. The first kappa shape index (κ1) is 23.1. The van der Waals surface area contributed by atoms with Gasteiger partial charge in [0.2, 0.25) is 5.95 Å². The third-order valence-electron chi connectivity index (χ3n) is 5.30.